The van der Waals surface area contributed by atoms with Crippen LogP contribution < -0.4 is 15.8 Å². The molecule has 122 valence electrons. The van der Waals surface area contributed by atoms with Crippen molar-refractivity contribution in [1.82, 2.24) is 0 Å². The lowest BCUT2D eigenvalue weighted by molar-refractivity contribution is -0.119. The molecule has 0 bridgehead atoms. The molecule has 0 aromatic heterocycles. The van der Waals surface area contributed by atoms with Crippen molar-refractivity contribution >= 4 is 24.0 Å². The minimum absolute atomic E-state index is 0. The van der Waals surface area contributed by atoms with Gasteiger partial charge in [0.15, 0.2) is 0 Å². The fraction of sp³-hybridized carbons (Fsp3) is 0.562. The lowest BCUT2D eigenvalue weighted by Gasteiger charge is -2.17. The Balaban J connectivity index is 0.00000176. The van der Waals surface area contributed by atoms with Gasteiger partial charge in [-0.15, -0.1) is 12.4 Å². The molecule has 3 N–H and O–H groups in total. The van der Waals surface area contributed by atoms with Gasteiger partial charge in [0, 0.05) is 18.4 Å². The molecule has 22 heavy (non-hydrogen) atoms. The van der Waals surface area contributed by atoms with Crippen molar-refractivity contribution in [3.63, 3.8) is 0 Å². The minimum atomic E-state index is 0. The van der Waals surface area contributed by atoms with E-state index in [2.05, 4.69) is 5.32 Å². The molecule has 5 nitrogen and oxygen atoms in total. The highest BCUT2D eigenvalue weighted by atomic mass is 35.5. The van der Waals surface area contributed by atoms with Crippen molar-refractivity contribution in [2.45, 2.75) is 37.8 Å². The SMILES string of the molecule is Cl.NC1CCC(C(=O)Nc2ccccc2OC2CCOC2)C1. The molecule has 1 aromatic carbocycles. The number of nitrogens with one attached hydrogen (secondary N) is 1. The Bertz CT molecular complexity index is 506. The van der Waals surface area contributed by atoms with Gasteiger partial charge < -0.3 is 20.5 Å². The molecule has 6 heteroatoms. The van der Waals surface area contributed by atoms with E-state index in [1.54, 1.807) is 0 Å². The van der Waals surface area contributed by atoms with Crippen LogP contribution in [0.2, 0.25) is 0 Å². The quantitative estimate of drug-likeness (QED) is 0.890. The summed E-state index contributed by atoms with van der Waals surface area (Å²) >= 11 is 0. The van der Waals surface area contributed by atoms with Gasteiger partial charge in [0.1, 0.15) is 11.9 Å². The summed E-state index contributed by atoms with van der Waals surface area (Å²) in [5, 5.41) is 2.99. The van der Waals surface area contributed by atoms with E-state index in [0.717, 1.165) is 38.0 Å². The Hall–Kier alpha value is -1.30. The van der Waals surface area contributed by atoms with Gasteiger partial charge in [0.2, 0.25) is 5.91 Å². The Labute approximate surface area is 137 Å². The van der Waals surface area contributed by atoms with Gasteiger partial charge in [-0.25, -0.2) is 0 Å². The van der Waals surface area contributed by atoms with Gasteiger partial charge in [-0.2, -0.15) is 0 Å². The largest absolute Gasteiger partial charge is 0.486 e. The second-order valence-corrected chi connectivity index (χ2v) is 5.86. The van der Waals surface area contributed by atoms with Gasteiger partial charge in [-0.05, 0) is 31.4 Å². The van der Waals surface area contributed by atoms with Crippen molar-refractivity contribution < 1.29 is 14.3 Å². The van der Waals surface area contributed by atoms with E-state index in [0.29, 0.717) is 12.4 Å². The second-order valence-electron chi connectivity index (χ2n) is 5.86. The Morgan fingerprint density at radius 3 is 2.77 bits per heavy atom. The average Bonchev–Trinajstić information content (AvgIpc) is 3.12. The van der Waals surface area contributed by atoms with Crippen LogP contribution in [-0.2, 0) is 9.53 Å². The molecule has 1 aromatic rings. The molecule has 1 saturated heterocycles. The maximum absolute atomic E-state index is 12.3. The molecule has 1 amide bonds. The number of hydrogen-bond acceptors (Lipinski definition) is 4. The highest BCUT2D eigenvalue weighted by molar-refractivity contribution is 5.94. The molecule has 2 fully saturated rings. The molecular formula is C16H23ClN2O3. The molecule has 0 spiro atoms. The highest BCUT2D eigenvalue weighted by Crippen LogP contribution is 2.30. The van der Waals surface area contributed by atoms with E-state index in [-0.39, 0.29) is 36.4 Å². The zero-order chi connectivity index (χ0) is 14.7. The van der Waals surface area contributed by atoms with E-state index in [9.17, 15) is 4.79 Å². The Kier molecular flexibility index (Phi) is 6.06. The first-order chi connectivity index (χ1) is 10.2. The smallest absolute Gasteiger partial charge is 0.227 e. The van der Waals surface area contributed by atoms with Crippen LogP contribution in [-0.4, -0.2) is 31.3 Å². The number of para-hydroxylation sites is 2. The second kappa shape index (κ2) is 7.81. The number of ether oxygens (including phenoxy) is 2. The zero-order valence-electron chi connectivity index (χ0n) is 12.5. The summed E-state index contributed by atoms with van der Waals surface area (Å²) in [6.45, 7) is 1.35. The maximum Gasteiger partial charge on any atom is 0.227 e. The van der Waals surface area contributed by atoms with Crippen LogP contribution in [0.3, 0.4) is 0 Å². The van der Waals surface area contributed by atoms with Gasteiger partial charge in [0.25, 0.3) is 0 Å². The van der Waals surface area contributed by atoms with E-state index in [1.807, 2.05) is 24.3 Å². The molecule has 0 radical (unpaired) electrons. The predicted molar refractivity (Wildman–Crippen MR) is 87.5 cm³/mol. The summed E-state index contributed by atoms with van der Waals surface area (Å²) in [7, 11) is 0. The van der Waals surface area contributed by atoms with Crippen LogP contribution in [0.1, 0.15) is 25.7 Å². The van der Waals surface area contributed by atoms with E-state index < -0.39 is 0 Å². The first kappa shape index (κ1) is 17.1. The van der Waals surface area contributed by atoms with Crippen LogP contribution in [0.15, 0.2) is 24.3 Å². The van der Waals surface area contributed by atoms with Crippen molar-refractivity contribution in [2.24, 2.45) is 11.7 Å². The Morgan fingerprint density at radius 1 is 1.27 bits per heavy atom. The number of rotatable bonds is 4. The number of carbonyl (C=O) groups is 1. The summed E-state index contributed by atoms with van der Waals surface area (Å²) in [5.41, 5.74) is 6.61. The molecule has 1 heterocycles. The third-order valence-electron chi connectivity index (χ3n) is 4.17. The van der Waals surface area contributed by atoms with Crippen LogP contribution in [0.25, 0.3) is 0 Å². The van der Waals surface area contributed by atoms with Crippen LogP contribution in [0.5, 0.6) is 5.75 Å². The van der Waals surface area contributed by atoms with Crippen LogP contribution >= 0.6 is 12.4 Å². The molecule has 3 unspecified atom stereocenters. The summed E-state index contributed by atoms with van der Waals surface area (Å²) in [6, 6.07) is 7.72. The number of amides is 1. The standard InChI is InChI=1S/C16H22N2O3.ClH/c17-12-6-5-11(9-12)16(19)18-14-3-1-2-4-15(14)21-13-7-8-20-10-13;/h1-4,11-13H,5-10,17H2,(H,18,19);1H. The van der Waals surface area contributed by atoms with E-state index in [4.69, 9.17) is 15.2 Å². The summed E-state index contributed by atoms with van der Waals surface area (Å²) in [5.74, 6) is 0.771. The topological polar surface area (TPSA) is 73.6 Å². The van der Waals surface area contributed by atoms with Crippen molar-refractivity contribution in [1.29, 1.82) is 0 Å². The van der Waals surface area contributed by atoms with Gasteiger partial charge in [-0.1, -0.05) is 12.1 Å². The summed E-state index contributed by atoms with van der Waals surface area (Å²) < 4.78 is 11.2. The third kappa shape index (κ3) is 4.12. The number of benzene rings is 1. The zero-order valence-corrected chi connectivity index (χ0v) is 13.3. The number of nitrogens with two attached hydrogens (primary N) is 1. The van der Waals surface area contributed by atoms with Gasteiger partial charge in [-0.3, -0.25) is 4.79 Å². The highest BCUT2D eigenvalue weighted by Gasteiger charge is 2.28. The maximum atomic E-state index is 12.3. The first-order valence-corrected chi connectivity index (χ1v) is 7.62. The lowest BCUT2D eigenvalue weighted by Crippen LogP contribution is -2.24. The molecule has 3 rings (SSSR count). The summed E-state index contributed by atoms with van der Waals surface area (Å²) in [6.07, 6.45) is 3.52. The molecule has 3 atom stereocenters. The number of carbonyl (C=O) groups excluding carboxylic acids is 1. The average molecular weight is 327 g/mol. The fourth-order valence-corrected chi connectivity index (χ4v) is 2.95. The number of hydrogen-bond donors (Lipinski definition) is 2. The Morgan fingerprint density at radius 2 is 2.09 bits per heavy atom. The number of anilines is 1. The minimum Gasteiger partial charge on any atom is -0.486 e. The molecular weight excluding hydrogens is 304 g/mol. The van der Waals surface area contributed by atoms with Gasteiger partial charge in [0.05, 0.1) is 18.9 Å². The monoisotopic (exact) mass is 326 g/mol. The lowest BCUT2D eigenvalue weighted by atomic mass is 10.1. The van der Waals surface area contributed by atoms with Crippen LogP contribution in [0, 0.1) is 5.92 Å². The molecule has 1 aliphatic heterocycles. The van der Waals surface area contributed by atoms with Crippen molar-refractivity contribution in [2.75, 3.05) is 18.5 Å². The molecule has 1 aliphatic carbocycles. The molecule has 1 saturated carbocycles. The van der Waals surface area contributed by atoms with Crippen molar-refractivity contribution in [3.8, 4) is 5.75 Å². The summed E-state index contributed by atoms with van der Waals surface area (Å²) in [4.78, 5) is 12.3. The predicted octanol–water partition coefficient (Wildman–Crippen LogP) is 2.34. The first-order valence-electron chi connectivity index (χ1n) is 7.62. The van der Waals surface area contributed by atoms with E-state index in [1.165, 1.54) is 0 Å². The third-order valence-corrected chi connectivity index (χ3v) is 4.17. The normalized spacial score (nSPS) is 27.2. The molecule has 2 aliphatic rings. The van der Waals surface area contributed by atoms with Crippen molar-refractivity contribution in [3.05, 3.63) is 24.3 Å². The fourth-order valence-electron chi connectivity index (χ4n) is 2.95. The van der Waals surface area contributed by atoms with Gasteiger partial charge >= 0.3 is 0 Å². The van der Waals surface area contributed by atoms with Crippen LogP contribution in [0.4, 0.5) is 5.69 Å². The number of halogens is 1. The van der Waals surface area contributed by atoms with E-state index >= 15 is 0 Å².